The van der Waals surface area contributed by atoms with Crippen LogP contribution >= 0.6 is 0 Å². The molecule has 29 heavy (non-hydrogen) atoms. The van der Waals surface area contributed by atoms with Crippen molar-refractivity contribution in [2.45, 2.75) is 19.4 Å². The van der Waals surface area contributed by atoms with Gasteiger partial charge in [-0.1, -0.05) is 59.8 Å². The SMILES string of the molecule is C[C@H](NC(=O)COC(=O)Cc1noc2ccccc12)c1cccc2ccccc12. The van der Waals surface area contributed by atoms with Crippen LogP contribution in [0, 0.1) is 0 Å². The third kappa shape index (κ3) is 4.11. The molecule has 1 heterocycles. The highest BCUT2D eigenvalue weighted by Crippen LogP contribution is 2.24. The molecule has 1 aromatic heterocycles. The van der Waals surface area contributed by atoms with Gasteiger partial charge in [0.25, 0.3) is 5.91 Å². The van der Waals surface area contributed by atoms with Crippen molar-refractivity contribution in [2.75, 3.05) is 6.61 Å². The summed E-state index contributed by atoms with van der Waals surface area (Å²) in [6.07, 6.45) is -0.0524. The summed E-state index contributed by atoms with van der Waals surface area (Å²) in [6.45, 7) is 1.56. The van der Waals surface area contributed by atoms with Crippen LogP contribution in [-0.2, 0) is 20.7 Å². The van der Waals surface area contributed by atoms with E-state index >= 15 is 0 Å². The summed E-state index contributed by atoms with van der Waals surface area (Å²) < 4.78 is 10.3. The monoisotopic (exact) mass is 388 g/mol. The topological polar surface area (TPSA) is 81.4 Å². The van der Waals surface area contributed by atoms with E-state index in [1.165, 1.54) is 0 Å². The van der Waals surface area contributed by atoms with E-state index in [1.54, 1.807) is 6.07 Å². The van der Waals surface area contributed by atoms with Gasteiger partial charge < -0.3 is 14.6 Å². The fourth-order valence-corrected chi connectivity index (χ4v) is 3.39. The number of benzene rings is 3. The van der Waals surface area contributed by atoms with E-state index in [4.69, 9.17) is 9.26 Å². The number of nitrogens with one attached hydrogen (secondary N) is 1. The van der Waals surface area contributed by atoms with E-state index < -0.39 is 5.97 Å². The van der Waals surface area contributed by atoms with E-state index in [0.717, 1.165) is 21.7 Å². The fourth-order valence-electron chi connectivity index (χ4n) is 3.39. The van der Waals surface area contributed by atoms with Crippen LogP contribution in [0.3, 0.4) is 0 Å². The van der Waals surface area contributed by atoms with Crippen molar-refractivity contribution in [3.8, 4) is 0 Å². The predicted molar refractivity (Wildman–Crippen MR) is 109 cm³/mol. The highest BCUT2D eigenvalue weighted by molar-refractivity contribution is 5.88. The summed E-state index contributed by atoms with van der Waals surface area (Å²) in [5.41, 5.74) is 2.11. The second-order valence-electron chi connectivity index (χ2n) is 6.82. The van der Waals surface area contributed by atoms with E-state index in [1.807, 2.05) is 67.6 Å². The van der Waals surface area contributed by atoms with Crippen LogP contribution in [0.2, 0.25) is 0 Å². The van der Waals surface area contributed by atoms with Crippen LogP contribution in [0.15, 0.2) is 71.3 Å². The maximum atomic E-state index is 12.3. The Kier molecular flexibility index (Phi) is 5.24. The average molecular weight is 388 g/mol. The highest BCUT2D eigenvalue weighted by atomic mass is 16.5. The molecule has 4 aromatic rings. The van der Waals surface area contributed by atoms with Gasteiger partial charge in [0.1, 0.15) is 5.69 Å². The van der Waals surface area contributed by atoms with E-state index in [0.29, 0.717) is 11.3 Å². The molecule has 0 aliphatic rings. The van der Waals surface area contributed by atoms with Crippen LogP contribution in [0.4, 0.5) is 0 Å². The molecule has 146 valence electrons. The van der Waals surface area contributed by atoms with Gasteiger partial charge in [0.15, 0.2) is 12.2 Å². The van der Waals surface area contributed by atoms with Crippen molar-refractivity contribution in [1.29, 1.82) is 0 Å². The lowest BCUT2D eigenvalue weighted by Gasteiger charge is -2.16. The smallest absolute Gasteiger partial charge is 0.312 e. The van der Waals surface area contributed by atoms with Crippen molar-refractivity contribution < 1.29 is 18.8 Å². The van der Waals surface area contributed by atoms with E-state index in [9.17, 15) is 9.59 Å². The fraction of sp³-hybridized carbons (Fsp3) is 0.174. The molecule has 6 nitrogen and oxygen atoms in total. The maximum Gasteiger partial charge on any atom is 0.312 e. The summed E-state index contributed by atoms with van der Waals surface area (Å²) in [7, 11) is 0. The first-order valence-electron chi connectivity index (χ1n) is 9.38. The van der Waals surface area contributed by atoms with Crippen molar-refractivity contribution in [3.05, 3.63) is 78.0 Å². The first kappa shape index (κ1) is 18.7. The van der Waals surface area contributed by atoms with Gasteiger partial charge >= 0.3 is 5.97 Å². The number of carbonyl (C=O) groups is 2. The highest BCUT2D eigenvalue weighted by Gasteiger charge is 2.16. The number of fused-ring (bicyclic) bond motifs is 2. The quantitative estimate of drug-likeness (QED) is 0.506. The molecule has 1 atom stereocenters. The summed E-state index contributed by atoms with van der Waals surface area (Å²) >= 11 is 0. The van der Waals surface area contributed by atoms with Gasteiger partial charge in [-0.15, -0.1) is 0 Å². The van der Waals surface area contributed by atoms with Crippen LogP contribution in [-0.4, -0.2) is 23.6 Å². The number of rotatable bonds is 6. The number of hydrogen-bond donors (Lipinski definition) is 1. The second kappa shape index (κ2) is 8.14. The first-order chi connectivity index (χ1) is 14.1. The lowest BCUT2D eigenvalue weighted by molar-refractivity contribution is -0.148. The predicted octanol–water partition coefficient (Wildman–Crippen LogP) is 3.94. The van der Waals surface area contributed by atoms with Crippen molar-refractivity contribution in [2.24, 2.45) is 0 Å². The van der Waals surface area contributed by atoms with E-state index in [-0.39, 0.29) is 25.0 Å². The van der Waals surface area contributed by atoms with Crippen LogP contribution < -0.4 is 5.32 Å². The van der Waals surface area contributed by atoms with Crippen LogP contribution in [0.1, 0.15) is 24.2 Å². The molecule has 4 rings (SSSR count). The zero-order valence-corrected chi connectivity index (χ0v) is 15.9. The molecule has 1 amide bonds. The van der Waals surface area contributed by atoms with Gasteiger partial charge in [-0.25, -0.2) is 0 Å². The van der Waals surface area contributed by atoms with Gasteiger partial charge in [0.2, 0.25) is 0 Å². The number of carbonyl (C=O) groups excluding carboxylic acids is 2. The number of aromatic nitrogens is 1. The van der Waals surface area contributed by atoms with Gasteiger partial charge in [0.05, 0.1) is 12.5 Å². The molecular formula is C23H20N2O4. The molecule has 6 heteroatoms. The largest absolute Gasteiger partial charge is 0.455 e. The van der Waals surface area contributed by atoms with E-state index in [2.05, 4.69) is 10.5 Å². The summed E-state index contributed by atoms with van der Waals surface area (Å²) in [5, 5.41) is 9.74. The van der Waals surface area contributed by atoms with Crippen LogP contribution in [0.5, 0.6) is 0 Å². The summed E-state index contributed by atoms with van der Waals surface area (Å²) in [6, 6.07) is 21.0. The minimum Gasteiger partial charge on any atom is -0.455 e. The summed E-state index contributed by atoms with van der Waals surface area (Å²) in [5.74, 6) is -0.888. The van der Waals surface area contributed by atoms with Crippen molar-refractivity contribution >= 4 is 33.6 Å². The maximum absolute atomic E-state index is 12.3. The van der Waals surface area contributed by atoms with Gasteiger partial charge in [-0.05, 0) is 35.4 Å². The number of nitrogens with zero attached hydrogens (tertiary/aromatic N) is 1. The Bertz CT molecular complexity index is 1180. The molecule has 0 saturated carbocycles. The molecule has 0 bridgehead atoms. The van der Waals surface area contributed by atoms with Crippen LogP contribution in [0.25, 0.3) is 21.7 Å². The van der Waals surface area contributed by atoms with Gasteiger partial charge in [-0.3, -0.25) is 9.59 Å². The Hall–Kier alpha value is -3.67. The Morgan fingerprint density at radius 2 is 1.72 bits per heavy atom. The van der Waals surface area contributed by atoms with Gasteiger partial charge in [-0.2, -0.15) is 0 Å². The third-order valence-corrected chi connectivity index (χ3v) is 4.80. The Labute approximate surface area is 167 Å². The number of amides is 1. The zero-order valence-electron chi connectivity index (χ0n) is 15.9. The zero-order chi connectivity index (χ0) is 20.2. The Balaban J connectivity index is 1.34. The lowest BCUT2D eigenvalue weighted by Crippen LogP contribution is -2.31. The summed E-state index contributed by atoms with van der Waals surface area (Å²) in [4.78, 5) is 24.4. The third-order valence-electron chi connectivity index (χ3n) is 4.80. The number of hydrogen-bond acceptors (Lipinski definition) is 5. The lowest BCUT2D eigenvalue weighted by atomic mass is 10.00. The molecule has 0 aliphatic carbocycles. The minimum absolute atomic E-state index is 0.0524. The number of ether oxygens (including phenoxy) is 1. The molecule has 1 N–H and O–H groups in total. The standard InChI is InChI=1S/C23H20N2O4/c1-15(17-11-6-8-16-7-2-3-9-18(16)17)24-22(26)14-28-23(27)13-20-19-10-4-5-12-21(19)29-25-20/h2-12,15H,13-14H2,1H3,(H,24,26)/t15-/m0/s1. The molecular weight excluding hydrogens is 368 g/mol. The number of esters is 1. The molecule has 0 unspecified atom stereocenters. The first-order valence-corrected chi connectivity index (χ1v) is 9.38. The van der Waals surface area contributed by atoms with Gasteiger partial charge in [0, 0.05) is 5.39 Å². The molecule has 3 aromatic carbocycles. The second-order valence-corrected chi connectivity index (χ2v) is 6.82. The molecule has 0 aliphatic heterocycles. The molecule has 0 radical (unpaired) electrons. The van der Waals surface area contributed by atoms with Crippen molar-refractivity contribution in [1.82, 2.24) is 10.5 Å². The number of para-hydroxylation sites is 1. The molecule has 0 spiro atoms. The van der Waals surface area contributed by atoms with Crippen molar-refractivity contribution in [3.63, 3.8) is 0 Å². The molecule has 0 saturated heterocycles. The Morgan fingerprint density at radius 3 is 2.59 bits per heavy atom. The average Bonchev–Trinajstić information content (AvgIpc) is 3.14. The Morgan fingerprint density at radius 1 is 1.00 bits per heavy atom. The normalized spacial score (nSPS) is 12.0. The minimum atomic E-state index is -0.531. The molecule has 0 fully saturated rings.